The Morgan fingerprint density at radius 1 is 1.15 bits per heavy atom. The Hall–Kier alpha value is -2.72. The molecule has 0 unspecified atom stereocenters. The van der Waals surface area contributed by atoms with Crippen molar-refractivity contribution in [2.75, 3.05) is 17.2 Å². The van der Waals surface area contributed by atoms with Gasteiger partial charge in [0.2, 0.25) is 17.8 Å². The number of thioether (sulfide) groups is 1. The number of benzene rings is 1. The van der Waals surface area contributed by atoms with E-state index in [1.165, 1.54) is 23.5 Å². The average molecular weight is 390 g/mol. The monoisotopic (exact) mass is 390 g/mol. The van der Waals surface area contributed by atoms with E-state index in [4.69, 9.17) is 11.5 Å². The second-order valence-electron chi connectivity index (χ2n) is 5.19. The van der Waals surface area contributed by atoms with Gasteiger partial charge in [-0.25, -0.2) is 4.39 Å². The molecule has 0 aliphatic carbocycles. The maximum atomic E-state index is 13.2. The number of nitrogens with one attached hydrogen (secondary N) is 1. The molecule has 0 spiro atoms. The highest BCUT2D eigenvalue weighted by Crippen LogP contribution is 2.26. The number of hydrogen-bond acceptors (Lipinski definition) is 8. The van der Waals surface area contributed by atoms with Crippen LogP contribution in [0.3, 0.4) is 0 Å². The molecule has 0 aliphatic heterocycles. The number of nitrogens with two attached hydrogens (primary N) is 2. The van der Waals surface area contributed by atoms with Crippen molar-refractivity contribution < 1.29 is 9.18 Å². The van der Waals surface area contributed by atoms with Crippen molar-refractivity contribution in [1.29, 1.82) is 0 Å². The Morgan fingerprint density at radius 2 is 1.85 bits per heavy atom. The van der Waals surface area contributed by atoms with Gasteiger partial charge in [-0.15, -0.1) is 11.3 Å². The first-order valence-corrected chi connectivity index (χ1v) is 9.36. The van der Waals surface area contributed by atoms with E-state index in [1.54, 1.807) is 12.1 Å². The summed E-state index contributed by atoms with van der Waals surface area (Å²) < 4.78 is 13.2. The third-order valence-electron chi connectivity index (χ3n) is 3.32. The van der Waals surface area contributed by atoms with E-state index < -0.39 is 0 Å². The van der Waals surface area contributed by atoms with Crippen LogP contribution in [0, 0.1) is 5.82 Å². The van der Waals surface area contributed by atoms with E-state index in [9.17, 15) is 9.18 Å². The summed E-state index contributed by atoms with van der Waals surface area (Å²) in [6.07, 6.45) is 0. The molecular formula is C16H15FN6OS2. The van der Waals surface area contributed by atoms with Gasteiger partial charge in [-0.3, -0.25) is 4.79 Å². The molecule has 7 nitrogen and oxygen atoms in total. The van der Waals surface area contributed by atoms with E-state index in [-0.39, 0.29) is 40.6 Å². The second-order valence-corrected chi connectivity index (χ2v) is 7.11. The number of nitrogen functional groups attached to an aromatic ring is 2. The Bertz CT molecular complexity index is 868. The summed E-state index contributed by atoms with van der Waals surface area (Å²) in [5.74, 6) is -0.474. The van der Waals surface area contributed by atoms with Gasteiger partial charge in [-0.05, 0) is 29.1 Å². The van der Waals surface area contributed by atoms with Gasteiger partial charge in [0, 0.05) is 4.88 Å². The van der Waals surface area contributed by atoms with Crippen molar-refractivity contribution >= 4 is 40.9 Å². The molecule has 3 rings (SSSR count). The van der Waals surface area contributed by atoms with E-state index in [1.807, 2.05) is 17.5 Å². The van der Waals surface area contributed by atoms with Gasteiger partial charge in [0.15, 0.2) is 5.16 Å². The Labute approximate surface area is 157 Å². The predicted molar refractivity (Wildman–Crippen MR) is 100 cm³/mol. The van der Waals surface area contributed by atoms with Gasteiger partial charge in [-0.1, -0.05) is 30.0 Å². The Kier molecular flexibility index (Phi) is 5.64. The zero-order chi connectivity index (χ0) is 18.5. The minimum Gasteiger partial charge on any atom is -0.368 e. The molecule has 0 saturated heterocycles. The number of rotatable bonds is 6. The van der Waals surface area contributed by atoms with Gasteiger partial charge in [0.1, 0.15) is 5.82 Å². The highest BCUT2D eigenvalue weighted by molar-refractivity contribution is 7.99. The molecule has 0 saturated carbocycles. The number of amides is 1. The second kappa shape index (κ2) is 8.11. The number of hydrogen-bond donors (Lipinski definition) is 3. The smallest absolute Gasteiger partial charge is 0.231 e. The standard InChI is InChI=1S/C16H15FN6OS2/c17-10-5-3-9(4-6-10)13(11-2-1-7-25-11)20-12(24)8-26-16-22-14(18)21-15(19)23-16/h1-7,13H,8H2,(H,20,24)(H4,18,19,21,22,23)/t13-/m1/s1. The fraction of sp³-hybridized carbons (Fsp3) is 0.125. The van der Waals surface area contributed by atoms with Crippen molar-refractivity contribution in [1.82, 2.24) is 20.3 Å². The largest absolute Gasteiger partial charge is 0.368 e. The normalized spacial score (nSPS) is 11.9. The van der Waals surface area contributed by atoms with E-state index >= 15 is 0 Å². The molecule has 3 aromatic rings. The molecule has 26 heavy (non-hydrogen) atoms. The van der Waals surface area contributed by atoms with Gasteiger partial charge in [0.25, 0.3) is 0 Å². The molecule has 1 amide bonds. The predicted octanol–water partition coefficient (Wildman–Crippen LogP) is 2.23. The number of anilines is 2. The molecule has 10 heteroatoms. The fourth-order valence-corrected chi connectivity index (χ4v) is 3.68. The third-order valence-corrected chi connectivity index (χ3v) is 5.10. The van der Waals surface area contributed by atoms with Crippen LogP contribution in [0.1, 0.15) is 16.5 Å². The molecule has 5 N–H and O–H groups in total. The number of carbonyl (C=O) groups is 1. The highest BCUT2D eigenvalue weighted by Gasteiger charge is 2.18. The molecule has 2 aromatic heterocycles. The fourth-order valence-electron chi connectivity index (χ4n) is 2.22. The maximum absolute atomic E-state index is 13.2. The highest BCUT2D eigenvalue weighted by atomic mass is 32.2. The molecular weight excluding hydrogens is 375 g/mol. The van der Waals surface area contributed by atoms with Crippen molar-refractivity contribution in [2.24, 2.45) is 0 Å². The van der Waals surface area contributed by atoms with Crippen LogP contribution in [0.2, 0.25) is 0 Å². The summed E-state index contributed by atoms with van der Waals surface area (Å²) in [5.41, 5.74) is 11.8. The van der Waals surface area contributed by atoms with Gasteiger partial charge < -0.3 is 16.8 Å². The molecule has 1 aromatic carbocycles. The number of aromatic nitrogens is 3. The summed E-state index contributed by atoms with van der Waals surface area (Å²) in [4.78, 5) is 24.9. The topological polar surface area (TPSA) is 120 Å². The number of nitrogens with zero attached hydrogens (tertiary/aromatic N) is 3. The van der Waals surface area contributed by atoms with Crippen LogP contribution in [0.25, 0.3) is 0 Å². The van der Waals surface area contributed by atoms with Crippen LogP contribution >= 0.6 is 23.1 Å². The SMILES string of the molecule is Nc1nc(N)nc(SCC(=O)N[C@H](c2ccc(F)cc2)c2cccs2)n1. The van der Waals surface area contributed by atoms with Crippen LogP contribution in [0.5, 0.6) is 0 Å². The Morgan fingerprint density at radius 3 is 2.46 bits per heavy atom. The van der Waals surface area contributed by atoms with Gasteiger partial charge >= 0.3 is 0 Å². The quantitative estimate of drug-likeness (QED) is 0.552. The molecule has 2 heterocycles. The first-order chi connectivity index (χ1) is 12.5. The lowest BCUT2D eigenvalue weighted by atomic mass is 10.1. The molecule has 134 valence electrons. The third kappa shape index (κ3) is 4.67. The molecule has 0 radical (unpaired) electrons. The van der Waals surface area contributed by atoms with Crippen molar-refractivity contribution in [2.45, 2.75) is 11.2 Å². The Balaban J connectivity index is 1.70. The van der Waals surface area contributed by atoms with Crippen LogP contribution in [0.15, 0.2) is 46.9 Å². The first kappa shape index (κ1) is 18.1. The maximum Gasteiger partial charge on any atom is 0.231 e. The lowest BCUT2D eigenvalue weighted by Crippen LogP contribution is -2.30. The summed E-state index contributed by atoms with van der Waals surface area (Å²) >= 11 is 2.61. The number of halogens is 1. The van der Waals surface area contributed by atoms with Gasteiger partial charge in [-0.2, -0.15) is 15.0 Å². The summed E-state index contributed by atoms with van der Waals surface area (Å²) in [7, 11) is 0. The lowest BCUT2D eigenvalue weighted by molar-refractivity contribution is -0.119. The van der Waals surface area contributed by atoms with Crippen molar-refractivity contribution in [3.8, 4) is 0 Å². The van der Waals surface area contributed by atoms with E-state index in [0.717, 1.165) is 22.2 Å². The minimum absolute atomic E-state index is 0.00295. The zero-order valence-electron chi connectivity index (χ0n) is 13.4. The first-order valence-electron chi connectivity index (χ1n) is 7.49. The lowest BCUT2D eigenvalue weighted by Gasteiger charge is -2.18. The minimum atomic E-state index is -0.364. The summed E-state index contributed by atoms with van der Waals surface area (Å²) in [6.45, 7) is 0. The molecule has 0 aliphatic rings. The summed E-state index contributed by atoms with van der Waals surface area (Å²) in [6, 6.07) is 9.49. The van der Waals surface area contributed by atoms with Crippen molar-refractivity contribution in [3.05, 3.63) is 58.0 Å². The van der Waals surface area contributed by atoms with Crippen LogP contribution in [-0.2, 0) is 4.79 Å². The average Bonchev–Trinajstić information content (AvgIpc) is 3.12. The van der Waals surface area contributed by atoms with Crippen LogP contribution in [-0.4, -0.2) is 26.6 Å². The zero-order valence-corrected chi connectivity index (χ0v) is 15.1. The van der Waals surface area contributed by atoms with E-state index in [0.29, 0.717) is 0 Å². The van der Waals surface area contributed by atoms with Gasteiger partial charge in [0.05, 0.1) is 11.8 Å². The number of thiophene rings is 1. The molecule has 0 bridgehead atoms. The van der Waals surface area contributed by atoms with E-state index in [2.05, 4.69) is 20.3 Å². The molecule has 0 fully saturated rings. The van der Waals surface area contributed by atoms with Crippen LogP contribution < -0.4 is 16.8 Å². The summed E-state index contributed by atoms with van der Waals surface area (Å²) in [5, 5.41) is 5.15. The van der Waals surface area contributed by atoms with Crippen molar-refractivity contribution in [3.63, 3.8) is 0 Å². The van der Waals surface area contributed by atoms with Crippen LogP contribution in [0.4, 0.5) is 16.3 Å². The molecule has 1 atom stereocenters. The number of carbonyl (C=O) groups excluding carboxylic acids is 1.